The number of nitrogens with one attached hydrogen (secondary N) is 1. The van der Waals surface area contributed by atoms with Crippen molar-refractivity contribution in [1.82, 2.24) is 0 Å². The number of ether oxygens (including phenoxy) is 1. The number of halogens is 2. The van der Waals surface area contributed by atoms with E-state index in [1.54, 1.807) is 24.3 Å². The van der Waals surface area contributed by atoms with E-state index in [1.165, 1.54) is 0 Å². The highest BCUT2D eigenvalue weighted by Gasteiger charge is 2.08. The highest BCUT2D eigenvalue weighted by Crippen LogP contribution is 2.24. The SMILES string of the molecule is CCOc1cccc(NC(=O)c2ccc(Cl)c(Br)c2)c1. The quantitative estimate of drug-likeness (QED) is 0.860. The molecule has 1 amide bonds. The molecule has 2 aromatic carbocycles. The molecule has 1 N–H and O–H groups in total. The number of carbonyl (C=O) groups excluding carboxylic acids is 1. The average molecular weight is 355 g/mol. The molecule has 0 saturated carbocycles. The molecule has 0 aromatic heterocycles. The maximum atomic E-state index is 12.1. The van der Waals surface area contributed by atoms with E-state index in [1.807, 2.05) is 25.1 Å². The Morgan fingerprint density at radius 1 is 1.30 bits per heavy atom. The molecule has 0 aliphatic rings. The number of hydrogen-bond donors (Lipinski definition) is 1. The molecule has 20 heavy (non-hydrogen) atoms. The monoisotopic (exact) mass is 353 g/mol. The minimum absolute atomic E-state index is 0.198. The number of anilines is 1. The Hall–Kier alpha value is -1.52. The first kappa shape index (κ1) is 14.9. The lowest BCUT2D eigenvalue weighted by Gasteiger charge is -2.08. The molecule has 0 fully saturated rings. The van der Waals surface area contributed by atoms with Crippen LogP contribution in [0.2, 0.25) is 5.02 Å². The van der Waals surface area contributed by atoms with Gasteiger partial charge in [0, 0.05) is 21.8 Å². The summed E-state index contributed by atoms with van der Waals surface area (Å²) < 4.78 is 6.08. The molecule has 104 valence electrons. The minimum Gasteiger partial charge on any atom is -0.494 e. The predicted molar refractivity (Wildman–Crippen MR) is 84.7 cm³/mol. The smallest absolute Gasteiger partial charge is 0.255 e. The standard InChI is InChI=1S/C15H13BrClNO2/c1-2-20-12-5-3-4-11(9-12)18-15(19)10-6-7-14(17)13(16)8-10/h3-9H,2H2,1H3,(H,18,19). The molecule has 0 aliphatic carbocycles. The predicted octanol–water partition coefficient (Wildman–Crippen LogP) is 4.75. The van der Waals surface area contributed by atoms with Crippen LogP contribution in [0.3, 0.4) is 0 Å². The summed E-state index contributed by atoms with van der Waals surface area (Å²) in [4.78, 5) is 12.1. The zero-order valence-corrected chi connectivity index (χ0v) is 13.2. The van der Waals surface area contributed by atoms with Gasteiger partial charge in [0.1, 0.15) is 5.75 Å². The third-order valence-electron chi connectivity index (χ3n) is 2.58. The van der Waals surface area contributed by atoms with E-state index in [4.69, 9.17) is 16.3 Å². The Bertz CT molecular complexity index is 631. The topological polar surface area (TPSA) is 38.3 Å². The van der Waals surface area contributed by atoms with Crippen LogP contribution in [0.25, 0.3) is 0 Å². The van der Waals surface area contributed by atoms with Crippen LogP contribution in [0.4, 0.5) is 5.69 Å². The molecule has 0 atom stereocenters. The van der Waals surface area contributed by atoms with Crippen molar-refractivity contribution in [3.05, 3.63) is 57.5 Å². The van der Waals surface area contributed by atoms with E-state index in [-0.39, 0.29) is 5.91 Å². The second kappa shape index (κ2) is 6.77. The highest BCUT2D eigenvalue weighted by atomic mass is 79.9. The summed E-state index contributed by atoms with van der Waals surface area (Å²) in [6.45, 7) is 2.50. The van der Waals surface area contributed by atoms with Crippen molar-refractivity contribution in [2.75, 3.05) is 11.9 Å². The van der Waals surface area contributed by atoms with Gasteiger partial charge in [0.25, 0.3) is 5.91 Å². The second-order valence-electron chi connectivity index (χ2n) is 4.04. The van der Waals surface area contributed by atoms with Crippen LogP contribution in [0, 0.1) is 0 Å². The summed E-state index contributed by atoms with van der Waals surface area (Å²) in [6, 6.07) is 12.3. The first-order valence-corrected chi connectivity index (χ1v) is 7.26. The fourth-order valence-electron chi connectivity index (χ4n) is 1.67. The van der Waals surface area contributed by atoms with Crippen LogP contribution >= 0.6 is 27.5 Å². The van der Waals surface area contributed by atoms with Gasteiger partial charge < -0.3 is 10.1 Å². The fourth-order valence-corrected chi connectivity index (χ4v) is 2.17. The lowest BCUT2D eigenvalue weighted by Crippen LogP contribution is -2.11. The highest BCUT2D eigenvalue weighted by molar-refractivity contribution is 9.10. The second-order valence-corrected chi connectivity index (χ2v) is 5.31. The molecule has 0 heterocycles. The first-order chi connectivity index (χ1) is 9.60. The van der Waals surface area contributed by atoms with Crippen LogP contribution < -0.4 is 10.1 Å². The molecule has 2 aromatic rings. The summed E-state index contributed by atoms with van der Waals surface area (Å²) in [7, 11) is 0. The molecule has 0 spiro atoms. The summed E-state index contributed by atoms with van der Waals surface area (Å²) in [6.07, 6.45) is 0. The molecule has 0 bridgehead atoms. The Balaban J connectivity index is 2.14. The van der Waals surface area contributed by atoms with Gasteiger partial charge in [-0.25, -0.2) is 0 Å². The van der Waals surface area contributed by atoms with Gasteiger partial charge in [-0.2, -0.15) is 0 Å². The molecular formula is C15H13BrClNO2. The molecule has 0 aliphatic heterocycles. The zero-order valence-electron chi connectivity index (χ0n) is 10.8. The van der Waals surface area contributed by atoms with Crippen LogP contribution in [0.1, 0.15) is 17.3 Å². The van der Waals surface area contributed by atoms with Gasteiger partial charge in [-0.05, 0) is 53.2 Å². The summed E-state index contributed by atoms with van der Waals surface area (Å²) in [5, 5.41) is 3.39. The van der Waals surface area contributed by atoms with E-state index in [0.29, 0.717) is 27.4 Å². The third-order valence-corrected chi connectivity index (χ3v) is 3.80. The van der Waals surface area contributed by atoms with Crippen LogP contribution in [-0.2, 0) is 0 Å². The average Bonchev–Trinajstić information content (AvgIpc) is 2.42. The lowest BCUT2D eigenvalue weighted by atomic mass is 10.2. The Kier molecular flexibility index (Phi) is 5.04. The van der Waals surface area contributed by atoms with Crippen molar-refractivity contribution >= 4 is 39.1 Å². The number of carbonyl (C=O) groups is 1. The summed E-state index contributed by atoms with van der Waals surface area (Å²) >= 11 is 9.21. The van der Waals surface area contributed by atoms with Gasteiger partial charge in [0.15, 0.2) is 0 Å². The molecule has 2 rings (SSSR count). The largest absolute Gasteiger partial charge is 0.494 e. The lowest BCUT2D eigenvalue weighted by molar-refractivity contribution is 0.102. The van der Waals surface area contributed by atoms with Gasteiger partial charge in [-0.1, -0.05) is 17.7 Å². The number of benzene rings is 2. The first-order valence-electron chi connectivity index (χ1n) is 6.09. The Morgan fingerprint density at radius 3 is 2.80 bits per heavy atom. The van der Waals surface area contributed by atoms with Gasteiger partial charge in [-0.3, -0.25) is 4.79 Å². The van der Waals surface area contributed by atoms with Crippen molar-refractivity contribution in [3.8, 4) is 5.75 Å². The Morgan fingerprint density at radius 2 is 2.10 bits per heavy atom. The van der Waals surface area contributed by atoms with E-state index < -0.39 is 0 Å². The fraction of sp³-hybridized carbons (Fsp3) is 0.133. The maximum absolute atomic E-state index is 12.1. The van der Waals surface area contributed by atoms with Crippen molar-refractivity contribution in [1.29, 1.82) is 0 Å². The van der Waals surface area contributed by atoms with E-state index >= 15 is 0 Å². The molecule has 3 nitrogen and oxygen atoms in total. The summed E-state index contributed by atoms with van der Waals surface area (Å²) in [5.74, 6) is 0.526. The van der Waals surface area contributed by atoms with E-state index in [2.05, 4.69) is 21.2 Å². The van der Waals surface area contributed by atoms with E-state index in [9.17, 15) is 4.79 Å². The van der Waals surface area contributed by atoms with Gasteiger partial charge in [-0.15, -0.1) is 0 Å². The van der Waals surface area contributed by atoms with Crippen molar-refractivity contribution in [2.45, 2.75) is 6.92 Å². The Labute approximate surface area is 131 Å². The van der Waals surface area contributed by atoms with Crippen LogP contribution in [0.15, 0.2) is 46.9 Å². The maximum Gasteiger partial charge on any atom is 0.255 e. The molecule has 0 saturated heterocycles. The van der Waals surface area contributed by atoms with Gasteiger partial charge in [0.2, 0.25) is 0 Å². The molecule has 0 radical (unpaired) electrons. The van der Waals surface area contributed by atoms with Crippen molar-refractivity contribution in [3.63, 3.8) is 0 Å². The van der Waals surface area contributed by atoms with Crippen LogP contribution in [0.5, 0.6) is 5.75 Å². The number of amides is 1. The third kappa shape index (κ3) is 3.74. The van der Waals surface area contributed by atoms with E-state index in [0.717, 1.165) is 5.75 Å². The number of rotatable bonds is 4. The van der Waals surface area contributed by atoms with Gasteiger partial charge in [0.05, 0.1) is 11.6 Å². The zero-order chi connectivity index (χ0) is 14.5. The summed E-state index contributed by atoms with van der Waals surface area (Å²) in [5.41, 5.74) is 1.22. The molecular weight excluding hydrogens is 342 g/mol. The minimum atomic E-state index is -0.198. The number of hydrogen-bond acceptors (Lipinski definition) is 2. The van der Waals surface area contributed by atoms with Gasteiger partial charge >= 0.3 is 0 Å². The van der Waals surface area contributed by atoms with Crippen molar-refractivity contribution < 1.29 is 9.53 Å². The normalized spacial score (nSPS) is 10.2. The van der Waals surface area contributed by atoms with Crippen LogP contribution in [-0.4, -0.2) is 12.5 Å². The molecule has 5 heteroatoms. The molecule has 0 unspecified atom stereocenters. The van der Waals surface area contributed by atoms with Crippen molar-refractivity contribution in [2.24, 2.45) is 0 Å².